The van der Waals surface area contributed by atoms with Gasteiger partial charge in [0.2, 0.25) is 0 Å². The molecule has 1 heterocycles. The van der Waals surface area contributed by atoms with E-state index in [9.17, 15) is 0 Å². The van der Waals surface area contributed by atoms with Crippen LogP contribution in [0.25, 0.3) is 0 Å². The minimum absolute atomic E-state index is 0.0359. The van der Waals surface area contributed by atoms with Gasteiger partial charge in [0.25, 0.3) is 0 Å². The molecule has 0 spiro atoms. The third-order valence-electron chi connectivity index (χ3n) is 4.34. The van der Waals surface area contributed by atoms with Gasteiger partial charge in [-0.15, -0.1) is 0 Å². The highest BCUT2D eigenvalue weighted by Gasteiger charge is 2.35. The van der Waals surface area contributed by atoms with Crippen LogP contribution in [0.2, 0.25) is 0 Å². The van der Waals surface area contributed by atoms with Crippen LogP contribution in [0, 0.1) is 0 Å². The van der Waals surface area contributed by atoms with Gasteiger partial charge in [-0.1, -0.05) is 60.7 Å². The minimum atomic E-state index is 0.0359. The Hall–Kier alpha value is -1.68. The van der Waals surface area contributed by atoms with Crippen LogP contribution in [0.4, 0.5) is 0 Å². The fourth-order valence-corrected chi connectivity index (χ4v) is 3.10. The van der Waals surface area contributed by atoms with Crippen molar-refractivity contribution in [1.29, 1.82) is 0 Å². The summed E-state index contributed by atoms with van der Waals surface area (Å²) < 4.78 is 12.0. The lowest BCUT2D eigenvalue weighted by Crippen LogP contribution is -2.49. The predicted molar refractivity (Wildman–Crippen MR) is 92.0 cm³/mol. The second-order valence-electron chi connectivity index (χ2n) is 6.30. The van der Waals surface area contributed by atoms with Crippen LogP contribution in [0.5, 0.6) is 0 Å². The number of ether oxygens (including phenoxy) is 2. The summed E-state index contributed by atoms with van der Waals surface area (Å²) in [6.45, 7) is 6.32. The summed E-state index contributed by atoms with van der Waals surface area (Å²) in [5.41, 5.74) is 2.49. The monoisotopic (exact) mass is 311 g/mol. The van der Waals surface area contributed by atoms with Crippen molar-refractivity contribution >= 4 is 0 Å². The summed E-state index contributed by atoms with van der Waals surface area (Å²) >= 11 is 0. The fourth-order valence-electron chi connectivity index (χ4n) is 3.10. The summed E-state index contributed by atoms with van der Waals surface area (Å²) in [7, 11) is 0. The molecule has 2 aromatic carbocycles. The van der Waals surface area contributed by atoms with Gasteiger partial charge < -0.3 is 9.47 Å². The van der Waals surface area contributed by atoms with E-state index in [0.29, 0.717) is 26.0 Å². The first-order valence-electron chi connectivity index (χ1n) is 8.29. The van der Waals surface area contributed by atoms with E-state index in [1.165, 1.54) is 11.1 Å². The van der Waals surface area contributed by atoms with Crippen LogP contribution in [-0.2, 0) is 16.1 Å². The molecule has 3 nitrogen and oxygen atoms in total. The first kappa shape index (κ1) is 16.2. The maximum absolute atomic E-state index is 6.25. The topological polar surface area (TPSA) is 21.7 Å². The highest BCUT2D eigenvalue weighted by Crippen LogP contribution is 2.32. The molecule has 3 rings (SSSR count). The van der Waals surface area contributed by atoms with Crippen LogP contribution < -0.4 is 0 Å². The zero-order valence-electron chi connectivity index (χ0n) is 13.9. The van der Waals surface area contributed by atoms with Crippen molar-refractivity contribution in [2.45, 2.75) is 38.6 Å². The third-order valence-corrected chi connectivity index (χ3v) is 4.34. The Morgan fingerprint density at radius 1 is 1.04 bits per heavy atom. The van der Waals surface area contributed by atoms with E-state index in [4.69, 9.17) is 9.47 Å². The summed E-state index contributed by atoms with van der Waals surface area (Å²) in [6.07, 6.45) is 0.0359. The molecule has 1 fully saturated rings. The zero-order valence-corrected chi connectivity index (χ0v) is 13.9. The first-order chi connectivity index (χ1) is 11.3. The number of benzene rings is 2. The molecule has 1 aliphatic heterocycles. The molecule has 0 aliphatic carbocycles. The van der Waals surface area contributed by atoms with E-state index in [-0.39, 0.29) is 12.1 Å². The summed E-state index contributed by atoms with van der Waals surface area (Å²) in [5.74, 6) is 0. The van der Waals surface area contributed by atoms with Crippen LogP contribution in [0.1, 0.15) is 31.0 Å². The molecular weight excluding hydrogens is 286 g/mol. The van der Waals surface area contributed by atoms with Gasteiger partial charge in [0.15, 0.2) is 0 Å². The van der Waals surface area contributed by atoms with E-state index < -0.39 is 0 Å². The first-order valence-corrected chi connectivity index (χ1v) is 8.29. The Kier molecular flexibility index (Phi) is 5.44. The molecule has 1 aliphatic rings. The Morgan fingerprint density at radius 3 is 2.35 bits per heavy atom. The standard InChI is InChI=1S/C20H25NO2/c1-16(2)21-15-22-14-19(20(21)18-11-7-4-8-12-18)23-13-17-9-5-3-6-10-17/h3-12,16,19-20H,13-15H2,1-2H3/t19-,20-/m1/s1. The summed E-state index contributed by atoms with van der Waals surface area (Å²) in [4.78, 5) is 2.37. The zero-order chi connectivity index (χ0) is 16.1. The molecular formula is C20H25NO2. The number of hydrogen-bond donors (Lipinski definition) is 0. The van der Waals surface area contributed by atoms with Gasteiger partial charge >= 0.3 is 0 Å². The highest BCUT2D eigenvalue weighted by molar-refractivity contribution is 5.21. The molecule has 0 radical (unpaired) electrons. The van der Waals surface area contributed by atoms with E-state index in [1.807, 2.05) is 18.2 Å². The van der Waals surface area contributed by atoms with Crippen LogP contribution in [0.15, 0.2) is 60.7 Å². The largest absolute Gasteiger partial charge is 0.369 e. The predicted octanol–water partition coefficient (Wildman–Crippen LogP) is 4.01. The lowest BCUT2D eigenvalue weighted by Gasteiger charge is -2.43. The molecule has 23 heavy (non-hydrogen) atoms. The van der Waals surface area contributed by atoms with Crippen LogP contribution in [0.3, 0.4) is 0 Å². The molecule has 0 N–H and O–H groups in total. The third kappa shape index (κ3) is 3.99. The molecule has 2 atom stereocenters. The van der Waals surface area contributed by atoms with Crippen molar-refractivity contribution in [2.24, 2.45) is 0 Å². The average molecular weight is 311 g/mol. The number of hydrogen-bond acceptors (Lipinski definition) is 3. The molecule has 0 bridgehead atoms. The van der Waals surface area contributed by atoms with Gasteiger partial charge in [0.1, 0.15) is 6.10 Å². The molecule has 2 aromatic rings. The Morgan fingerprint density at radius 2 is 1.70 bits per heavy atom. The Bertz CT molecular complexity index is 585. The second kappa shape index (κ2) is 7.73. The molecule has 0 aromatic heterocycles. The Balaban J connectivity index is 1.78. The maximum Gasteiger partial charge on any atom is 0.101 e. The maximum atomic E-state index is 6.25. The van der Waals surface area contributed by atoms with Crippen molar-refractivity contribution in [3.8, 4) is 0 Å². The van der Waals surface area contributed by atoms with Crippen LogP contribution in [-0.4, -0.2) is 30.4 Å². The van der Waals surface area contributed by atoms with E-state index in [2.05, 4.69) is 61.2 Å². The van der Waals surface area contributed by atoms with Gasteiger partial charge in [-0.3, -0.25) is 4.90 Å². The molecule has 1 saturated heterocycles. The number of nitrogens with zero attached hydrogens (tertiary/aromatic N) is 1. The molecule has 3 heteroatoms. The van der Waals surface area contributed by atoms with Gasteiger partial charge in [0, 0.05) is 6.04 Å². The lowest BCUT2D eigenvalue weighted by molar-refractivity contribution is -0.156. The number of rotatable bonds is 5. The van der Waals surface area contributed by atoms with E-state index in [0.717, 1.165) is 0 Å². The van der Waals surface area contributed by atoms with Gasteiger partial charge in [-0.25, -0.2) is 0 Å². The van der Waals surface area contributed by atoms with Gasteiger partial charge in [-0.2, -0.15) is 0 Å². The minimum Gasteiger partial charge on any atom is -0.369 e. The van der Waals surface area contributed by atoms with Crippen molar-refractivity contribution in [3.05, 3.63) is 71.8 Å². The van der Waals surface area contributed by atoms with Crippen molar-refractivity contribution < 1.29 is 9.47 Å². The van der Waals surface area contributed by atoms with Gasteiger partial charge in [-0.05, 0) is 25.0 Å². The molecule has 0 amide bonds. The van der Waals surface area contributed by atoms with E-state index in [1.54, 1.807) is 0 Å². The van der Waals surface area contributed by atoms with Crippen molar-refractivity contribution in [3.63, 3.8) is 0 Å². The highest BCUT2D eigenvalue weighted by atomic mass is 16.5. The van der Waals surface area contributed by atoms with Crippen molar-refractivity contribution in [1.82, 2.24) is 4.90 Å². The normalized spacial score (nSPS) is 22.4. The molecule has 122 valence electrons. The quantitative estimate of drug-likeness (QED) is 0.833. The van der Waals surface area contributed by atoms with Crippen LogP contribution >= 0.6 is 0 Å². The Labute approximate surface area is 138 Å². The van der Waals surface area contributed by atoms with E-state index >= 15 is 0 Å². The molecule has 0 saturated carbocycles. The fraction of sp³-hybridized carbons (Fsp3) is 0.400. The second-order valence-corrected chi connectivity index (χ2v) is 6.30. The molecule has 0 unspecified atom stereocenters. The summed E-state index contributed by atoms with van der Waals surface area (Å²) in [6, 6.07) is 21.6. The SMILES string of the molecule is CC(C)N1COC[C@@H](OCc2ccccc2)[C@H]1c1ccccc1. The van der Waals surface area contributed by atoms with Gasteiger partial charge in [0.05, 0.1) is 26.0 Å². The summed E-state index contributed by atoms with van der Waals surface area (Å²) in [5, 5.41) is 0. The average Bonchev–Trinajstić information content (AvgIpc) is 2.61. The smallest absolute Gasteiger partial charge is 0.101 e. The lowest BCUT2D eigenvalue weighted by atomic mass is 9.98. The van der Waals surface area contributed by atoms with Crippen molar-refractivity contribution in [2.75, 3.05) is 13.3 Å².